The third-order valence-electron chi connectivity index (χ3n) is 12.5. The van der Waals surface area contributed by atoms with Gasteiger partial charge in [-0.25, -0.2) is 0 Å². The Labute approximate surface area is 330 Å². The summed E-state index contributed by atoms with van der Waals surface area (Å²) in [6.07, 6.45) is 17.3. The number of pyridine rings is 1. The number of furan rings is 1. The number of aliphatic hydroxyl groups excluding tert-OH is 1. The van der Waals surface area contributed by atoms with Gasteiger partial charge in [0.25, 0.3) is 0 Å². The van der Waals surface area contributed by atoms with Crippen LogP contribution in [0.15, 0.2) is 71.0 Å². The van der Waals surface area contributed by atoms with Gasteiger partial charge in [-0.05, 0) is 84.1 Å². The number of rotatable bonds is 4. The number of benzene rings is 3. The average molecular weight is 889 g/mol. The molecule has 2 fully saturated rings. The van der Waals surface area contributed by atoms with Gasteiger partial charge in [-0.15, -0.1) is 29.1 Å². The van der Waals surface area contributed by atoms with Gasteiger partial charge >= 0.3 is 0 Å². The summed E-state index contributed by atoms with van der Waals surface area (Å²) in [5, 5.41) is 14.7. The molecular weight excluding hydrogens is 831 g/mol. The molecule has 3 aliphatic carbocycles. The molecule has 1 radical (unpaired) electrons. The molecule has 0 spiro atoms. The van der Waals surface area contributed by atoms with E-state index < -0.39 is 0 Å². The van der Waals surface area contributed by atoms with Gasteiger partial charge in [0, 0.05) is 60.7 Å². The zero-order valence-corrected chi connectivity index (χ0v) is 35.4. The molecule has 2 heterocycles. The number of carbonyl (C=O) groups excluding carboxylic acids is 1. The Morgan fingerprint density at radius 3 is 2.06 bits per heavy atom. The first-order valence-electron chi connectivity index (χ1n) is 20.0. The van der Waals surface area contributed by atoms with Crippen LogP contribution >= 0.6 is 0 Å². The fraction of sp³-hybridized carbons (Fsp3) is 0.500. The van der Waals surface area contributed by atoms with Gasteiger partial charge in [-0.2, -0.15) is 0 Å². The molecule has 0 saturated heterocycles. The summed E-state index contributed by atoms with van der Waals surface area (Å²) in [5.41, 5.74) is 8.14. The number of allylic oxidation sites excluding steroid dienone is 2. The SMILES string of the molecule is CC(C)(C)c1cc(-c2nccc3c2oc2cc4c(cc23)C(C)(C)CCC4(C)C)[c-]c2ccccc12.O=C(/C=C(\O)C1CCCCC1)C1CCCCC1.[Ir]. The first-order chi connectivity index (χ1) is 24.7. The molecule has 5 heteroatoms. The van der Waals surface area contributed by atoms with Gasteiger partial charge in [0.1, 0.15) is 11.2 Å². The summed E-state index contributed by atoms with van der Waals surface area (Å²) >= 11 is 0. The van der Waals surface area contributed by atoms with E-state index in [1.54, 1.807) is 6.08 Å². The summed E-state index contributed by atoms with van der Waals surface area (Å²) in [6.45, 7) is 16.3. The Balaban J connectivity index is 0.000000226. The number of ketones is 1. The van der Waals surface area contributed by atoms with Crippen molar-refractivity contribution >= 4 is 38.5 Å². The number of aromatic nitrogens is 1. The minimum absolute atomic E-state index is 0. The maximum absolute atomic E-state index is 12.0. The molecule has 53 heavy (non-hydrogen) atoms. The number of aliphatic hydroxyl groups is 1. The van der Waals surface area contributed by atoms with E-state index in [-0.39, 0.29) is 54.0 Å². The van der Waals surface area contributed by atoms with E-state index in [4.69, 9.17) is 9.40 Å². The molecule has 3 aromatic carbocycles. The fourth-order valence-corrected chi connectivity index (χ4v) is 9.10. The topological polar surface area (TPSA) is 63.3 Å². The second kappa shape index (κ2) is 15.5. The maximum atomic E-state index is 12.0. The number of hydrogen-bond donors (Lipinski definition) is 1. The molecule has 2 aromatic heterocycles. The van der Waals surface area contributed by atoms with Crippen LogP contribution in [-0.4, -0.2) is 15.9 Å². The van der Waals surface area contributed by atoms with Crippen molar-refractivity contribution in [1.82, 2.24) is 4.98 Å². The molecule has 1 N–H and O–H groups in total. The molecule has 2 saturated carbocycles. The molecule has 0 amide bonds. The Morgan fingerprint density at radius 2 is 1.42 bits per heavy atom. The van der Waals surface area contributed by atoms with Crippen molar-refractivity contribution in [2.45, 2.75) is 142 Å². The van der Waals surface area contributed by atoms with E-state index in [2.05, 4.69) is 103 Å². The van der Waals surface area contributed by atoms with E-state index in [0.717, 1.165) is 58.9 Å². The molecular formula is C48H58IrNO3-. The van der Waals surface area contributed by atoms with Crippen LogP contribution in [-0.2, 0) is 41.1 Å². The first kappa shape index (κ1) is 39.4. The fourth-order valence-electron chi connectivity index (χ4n) is 9.10. The van der Waals surface area contributed by atoms with Crippen LogP contribution < -0.4 is 0 Å². The molecule has 0 atom stereocenters. The molecule has 4 nitrogen and oxygen atoms in total. The van der Waals surface area contributed by atoms with E-state index in [9.17, 15) is 9.90 Å². The van der Waals surface area contributed by atoms with E-state index >= 15 is 0 Å². The minimum Gasteiger partial charge on any atom is -0.512 e. The van der Waals surface area contributed by atoms with Crippen molar-refractivity contribution in [3.05, 3.63) is 89.3 Å². The summed E-state index contributed by atoms with van der Waals surface area (Å²) < 4.78 is 6.62. The maximum Gasteiger partial charge on any atom is 0.162 e. The van der Waals surface area contributed by atoms with Crippen LogP contribution in [0.5, 0.6) is 0 Å². The molecule has 0 bridgehead atoms. The Bertz CT molecular complexity index is 2130. The first-order valence-corrected chi connectivity index (χ1v) is 20.0. The smallest absolute Gasteiger partial charge is 0.162 e. The predicted octanol–water partition coefficient (Wildman–Crippen LogP) is 13.4. The van der Waals surface area contributed by atoms with Gasteiger partial charge in [0.05, 0.1) is 5.76 Å². The van der Waals surface area contributed by atoms with Crippen molar-refractivity contribution in [2.75, 3.05) is 0 Å². The molecule has 3 aliphatic rings. The van der Waals surface area contributed by atoms with Crippen molar-refractivity contribution in [3.63, 3.8) is 0 Å². The van der Waals surface area contributed by atoms with E-state index in [1.807, 2.05) is 6.20 Å². The van der Waals surface area contributed by atoms with Crippen molar-refractivity contribution < 1.29 is 34.4 Å². The molecule has 5 aromatic rings. The van der Waals surface area contributed by atoms with E-state index in [0.29, 0.717) is 5.76 Å². The summed E-state index contributed by atoms with van der Waals surface area (Å²) in [7, 11) is 0. The van der Waals surface area contributed by atoms with Crippen LogP contribution in [0.25, 0.3) is 44.0 Å². The largest absolute Gasteiger partial charge is 0.512 e. The standard InChI is InChI=1S/C33H34NO.C15H24O2.Ir/c1-31(2,3)25-17-21(16-20-10-8-9-11-22(20)25)29-30-23(12-15-34-29)24-18-26-27(19-28(24)35-30)33(6,7)14-13-32(26,4)5;16-14(12-7-3-1-4-8-12)11-15(17)13-9-5-2-6-10-13;/h8-12,15,17-19H,13-14H2,1-7H3;11-13,16H,1-10H2;/q-1;;/b;14-11-;. The second-order valence-electron chi connectivity index (χ2n) is 18.3. The summed E-state index contributed by atoms with van der Waals surface area (Å²) in [5.74, 6) is 0.985. The predicted molar refractivity (Wildman–Crippen MR) is 216 cm³/mol. The van der Waals surface area contributed by atoms with Crippen LogP contribution in [0.1, 0.15) is 142 Å². The molecule has 0 unspecified atom stereocenters. The van der Waals surface area contributed by atoms with Crippen molar-refractivity contribution in [2.24, 2.45) is 11.8 Å². The Morgan fingerprint density at radius 1 is 0.811 bits per heavy atom. The average Bonchev–Trinajstić information content (AvgIpc) is 3.51. The number of fused-ring (bicyclic) bond motifs is 5. The second-order valence-corrected chi connectivity index (χ2v) is 18.3. The van der Waals surface area contributed by atoms with Gasteiger partial charge in [0.15, 0.2) is 5.78 Å². The minimum atomic E-state index is 0. The normalized spacial score (nSPS) is 19.3. The monoisotopic (exact) mass is 889 g/mol. The Kier molecular flexibility index (Phi) is 11.5. The number of nitrogens with zero attached hydrogens (tertiary/aromatic N) is 1. The third-order valence-corrected chi connectivity index (χ3v) is 12.5. The van der Waals surface area contributed by atoms with Gasteiger partial charge in [-0.3, -0.25) is 9.78 Å². The zero-order chi connectivity index (χ0) is 36.8. The van der Waals surface area contributed by atoms with E-state index in [1.165, 1.54) is 78.8 Å². The third kappa shape index (κ3) is 8.08. The quantitative estimate of drug-likeness (QED) is 0.111. The zero-order valence-electron chi connectivity index (χ0n) is 33.0. The number of hydrogen-bond acceptors (Lipinski definition) is 4. The molecule has 0 aliphatic heterocycles. The number of carbonyl (C=O) groups is 1. The van der Waals surface area contributed by atoms with Crippen LogP contribution in [0.2, 0.25) is 0 Å². The van der Waals surface area contributed by atoms with Gasteiger partial charge in [-0.1, -0.05) is 116 Å². The molecule has 8 rings (SSSR count). The van der Waals surface area contributed by atoms with Crippen LogP contribution in [0, 0.1) is 17.9 Å². The van der Waals surface area contributed by atoms with Gasteiger partial charge < -0.3 is 9.52 Å². The summed E-state index contributed by atoms with van der Waals surface area (Å²) in [6, 6.07) is 21.2. The van der Waals surface area contributed by atoms with Crippen LogP contribution in [0.4, 0.5) is 0 Å². The van der Waals surface area contributed by atoms with Crippen LogP contribution in [0.3, 0.4) is 0 Å². The Hall–Kier alpha value is -3.27. The molecule has 283 valence electrons. The van der Waals surface area contributed by atoms with Gasteiger partial charge in [0.2, 0.25) is 0 Å². The van der Waals surface area contributed by atoms with Crippen molar-refractivity contribution in [3.8, 4) is 11.3 Å². The van der Waals surface area contributed by atoms with Crippen molar-refractivity contribution in [1.29, 1.82) is 0 Å². The summed E-state index contributed by atoms with van der Waals surface area (Å²) in [4.78, 5) is 16.8.